The molecular formula is C12H22N4O2S. The third-order valence-corrected chi connectivity index (χ3v) is 3.54. The van der Waals surface area contributed by atoms with E-state index in [9.17, 15) is 8.42 Å². The normalized spacial score (nSPS) is 11.5. The van der Waals surface area contributed by atoms with Gasteiger partial charge < -0.3 is 10.2 Å². The van der Waals surface area contributed by atoms with Crippen LogP contribution in [0.4, 0.5) is 5.82 Å². The van der Waals surface area contributed by atoms with Gasteiger partial charge in [0.05, 0.1) is 23.8 Å². The molecule has 0 atom stereocenters. The van der Waals surface area contributed by atoms with Crippen LogP contribution < -0.4 is 10.2 Å². The first-order valence-corrected chi connectivity index (χ1v) is 8.39. The van der Waals surface area contributed by atoms with Crippen LogP contribution >= 0.6 is 0 Å². The van der Waals surface area contributed by atoms with Gasteiger partial charge in [0, 0.05) is 26.4 Å². The van der Waals surface area contributed by atoms with Crippen molar-refractivity contribution in [1.82, 2.24) is 15.3 Å². The van der Waals surface area contributed by atoms with Crippen LogP contribution in [0, 0.1) is 0 Å². The number of aromatic nitrogens is 2. The molecule has 1 rings (SSSR count). The van der Waals surface area contributed by atoms with E-state index in [2.05, 4.69) is 22.2 Å². The molecule has 0 fully saturated rings. The van der Waals surface area contributed by atoms with Crippen molar-refractivity contribution >= 4 is 15.7 Å². The minimum atomic E-state index is -2.95. The van der Waals surface area contributed by atoms with Gasteiger partial charge in [-0.1, -0.05) is 6.92 Å². The number of hydrogen-bond acceptors (Lipinski definition) is 6. The molecule has 1 aromatic heterocycles. The van der Waals surface area contributed by atoms with Gasteiger partial charge in [-0.3, -0.25) is 4.98 Å². The molecule has 1 N–H and O–H groups in total. The molecular weight excluding hydrogens is 264 g/mol. The van der Waals surface area contributed by atoms with E-state index < -0.39 is 9.84 Å². The van der Waals surface area contributed by atoms with Gasteiger partial charge in [0.1, 0.15) is 15.7 Å². The maximum atomic E-state index is 11.1. The molecule has 0 aliphatic rings. The predicted molar refractivity (Wildman–Crippen MR) is 77.0 cm³/mol. The summed E-state index contributed by atoms with van der Waals surface area (Å²) >= 11 is 0. The van der Waals surface area contributed by atoms with E-state index in [0.29, 0.717) is 18.9 Å². The summed E-state index contributed by atoms with van der Waals surface area (Å²) in [6.45, 7) is 4.19. The Labute approximate surface area is 115 Å². The van der Waals surface area contributed by atoms with Crippen molar-refractivity contribution in [3.8, 4) is 0 Å². The molecule has 0 amide bonds. The van der Waals surface area contributed by atoms with Crippen molar-refractivity contribution in [1.29, 1.82) is 0 Å². The molecule has 0 radical (unpaired) electrons. The molecule has 0 aliphatic carbocycles. The lowest BCUT2D eigenvalue weighted by Gasteiger charge is -2.17. The summed E-state index contributed by atoms with van der Waals surface area (Å²) in [5.74, 6) is 0.799. The molecule has 0 saturated carbocycles. The van der Waals surface area contributed by atoms with Crippen molar-refractivity contribution in [3.05, 3.63) is 18.1 Å². The smallest absolute Gasteiger partial charge is 0.149 e. The number of hydrogen-bond donors (Lipinski definition) is 1. The highest BCUT2D eigenvalue weighted by atomic mass is 32.2. The van der Waals surface area contributed by atoms with Crippen LogP contribution in [0.25, 0.3) is 0 Å². The fourth-order valence-electron chi connectivity index (χ4n) is 1.45. The average molecular weight is 286 g/mol. The van der Waals surface area contributed by atoms with Gasteiger partial charge in [0.15, 0.2) is 0 Å². The minimum absolute atomic E-state index is 0.116. The Kier molecular flexibility index (Phi) is 6.17. The molecule has 0 spiro atoms. The molecule has 1 heterocycles. The zero-order valence-electron chi connectivity index (χ0n) is 11.8. The lowest BCUT2D eigenvalue weighted by Crippen LogP contribution is -2.26. The first kappa shape index (κ1) is 15.8. The lowest BCUT2D eigenvalue weighted by molar-refractivity contribution is 0.601. The Balaban J connectivity index is 2.50. The van der Waals surface area contributed by atoms with Crippen LogP contribution in [0.3, 0.4) is 0 Å². The molecule has 6 nitrogen and oxygen atoms in total. The minimum Gasteiger partial charge on any atom is -0.357 e. The van der Waals surface area contributed by atoms with Gasteiger partial charge in [-0.15, -0.1) is 0 Å². The molecule has 0 unspecified atom stereocenters. The predicted octanol–water partition coefficient (Wildman–Crippen LogP) is 0.457. The molecule has 0 aliphatic heterocycles. The summed E-state index contributed by atoms with van der Waals surface area (Å²) in [5, 5.41) is 3.25. The Hall–Kier alpha value is -1.21. The fraction of sp³-hybridized carbons (Fsp3) is 0.667. The first-order chi connectivity index (χ1) is 8.92. The van der Waals surface area contributed by atoms with Crippen LogP contribution in [-0.4, -0.2) is 50.5 Å². The van der Waals surface area contributed by atoms with Crippen LogP contribution in [-0.2, 0) is 16.4 Å². The zero-order valence-corrected chi connectivity index (χ0v) is 12.6. The third-order valence-electron chi connectivity index (χ3n) is 2.61. The summed E-state index contributed by atoms with van der Waals surface area (Å²) in [5.41, 5.74) is 0.883. The molecule has 0 saturated heterocycles. The van der Waals surface area contributed by atoms with E-state index in [0.717, 1.165) is 18.7 Å². The molecule has 7 heteroatoms. The topological polar surface area (TPSA) is 75.2 Å². The van der Waals surface area contributed by atoms with Crippen LogP contribution in [0.15, 0.2) is 12.4 Å². The average Bonchev–Trinajstić information content (AvgIpc) is 2.36. The summed E-state index contributed by atoms with van der Waals surface area (Å²) in [6.07, 6.45) is 5.70. The van der Waals surface area contributed by atoms with Gasteiger partial charge in [-0.2, -0.15) is 0 Å². The maximum absolute atomic E-state index is 11.1. The van der Waals surface area contributed by atoms with E-state index in [4.69, 9.17) is 0 Å². The summed E-state index contributed by atoms with van der Waals surface area (Å²) in [4.78, 5) is 10.4. The van der Waals surface area contributed by atoms with Crippen molar-refractivity contribution in [2.45, 2.75) is 19.9 Å². The molecule has 108 valence electrons. The van der Waals surface area contributed by atoms with Crippen LogP contribution in [0.2, 0.25) is 0 Å². The molecule has 1 aromatic rings. The number of sulfone groups is 1. The van der Waals surface area contributed by atoms with Crippen molar-refractivity contribution in [3.63, 3.8) is 0 Å². The quantitative estimate of drug-likeness (QED) is 0.700. The van der Waals surface area contributed by atoms with Gasteiger partial charge in [-0.25, -0.2) is 13.4 Å². The van der Waals surface area contributed by atoms with Gasteiger partial charge >= 0.3 is 0 Å². The van der Waals surface area contributed by atoms with Gasteiger partial charge in [0.2, 0.25) is 0 Å². The standard InChI is InChI=1S/C12H22N4O2S/c1-4-5-13-8-11-9-15-12(10-14-11)16(2)6-7-19(3,17)18/h9-10,13H,4-8H2,1-3H3. The fourth-order valence-corrected chi connectivity index (χ4v) is 2.05. The molecule has 0 bridgehead atoms. The number of nitrogens with one attached hydrogen (secondary N) is 1. The van der Waals surface area contributed by atoms with Gasteiger partial charge in [0.25, 0.3) is 0 Å². The molecule has 0 aromatic carbocycles. The van der Waals surface area contributed by atoms with E-state index in [-0.39, 0.29) is 5.75 Å². The summed E-state index contributed by atoms with van der Waals surface area (Å²) in [7, 11) is -1.14. The maximum Gasteiger partial charge on any atom is 0.149 e. The van der Waals surface area contributed by atoms with E-state index in [1.54, 1.807) is 17.3 Å². The highest BCUT2D eigenvalue weighted by molar-refractivity contribution is 7.90. The van der Waals surface area contributed by atoms with Crippen LogP contribution in [0.1, 0.15) is 19.0 Å². The first-order valence-electron chi connectivity index (χ1n) is 6.33. The second kappa shape index (κ2) is 7.40. The zero-order chi connectivity index (χ0) is 14.3. The Morgan fingerprint density at radius 2 is 2.05 bits per heavy atom. The number of anilines is 1. The van der Waals surface area contributed by atoms with Crippen molar-refractivity contribution in [2.24, 2.45) is 0 Å². The van der Waals surface area contributed by atoms with Gasteiger partial charge in [-0.05, 0) is 13.0 Å². The highest BCUT2D eigenvalue weighted by Gasteiger charge is 2.07. The number of nitrogens with zero attached hydrogens (tertiary/aromatic N) is 3. The van der Waals surface area contributed by atoms with Crippen molar-refractivity contribution in [2.75, 3.05) is 37.0 Å². The second-order valence-electron chi connectivity index (χ2n) is 4.59. The summed E-state index contributed by atoms with van der Waals surface area (Å²) in [6, 6.07) is 0. The summed E-state index contributed by atoms with van der Waals surface area (Å²) < 4.78 is 22.2. The van der Waals surface area contributed by atoms with Crippen molar-refractivity contribution < 1.29 is 8.42 Å². The lowest BCUT2D eigenvalue weighted by atomic mass is 10.4. The van der Waals surface area contributed by atoms with E-state index in [1.807, 2.05) is 7.05 Å². The Morgan fingerprint density at radius 1 is 1.32 bits per heavy atom. The van der Waals surface area contributed by atoms with E-state index >= 15 is 0 Å². The van der Waals surface area contributed by atoms with E-state index in [1.165, 1.54) is 6.26 Å². The Morgan fingerprint density at radius 3 is 2.58 bits per heavy atom. The Bertz CT molecular complexity index is 473. The molecule has 19 heavy (non-hydrogen) atoms. The largest absolute Gasteiger partial charge is 0.357 e. The second-order valence-corrected chi connectivity index (χ2v) is 6.85. The number of rotatable bonds is 8. The third kappa shape index (κ3) is 6.49. The van der Waals surface area contributed by atoms with Crippen LogP contribution in [0.5, 0.6) is 0 Å². The SMILES string of the molecule is CCCNCc1cnc(N(C)CCS(C)(=O)=O)cn1. The monoisotopic (exact) mass is 286 g/mol. The highest BCUT2D eigenvalue weighted by Crippen LogP contribution is 2.06.